The Balaban J connectivity index is 1.79. The number of carbonyl (C=O) groups is 1. The molecule has 2 aliphatic heterocycles. The molecule has 4 nitrogen and oxygen atoms in total. The van der Waals surface area contributed by atoms with Crippen LogP contribution in [-0.2, 0) is 4.79 Å². The van der Waals surface area contributed by atoms with E-state index in [1.807, 2.05) is 30.3 Å². The van der Waals surface area contributed by atoms with Crippen molar-refractivity contribution >= 4 is 11.6 Å². The van der Waals surface area contributed by atoms with Gasteiger partial charge in [-0.15, -0.1) is 0 Å². The second kappa shape index (κ2) is 5.64. The molecule has 2 heterocycles. The van der Waals surface area contributed by atoms with Crippen molar-refractivity contribution in [2.24, 2.45) is 5.92 Å². The average Bonchev–Trinajstić information content (AvgIpc) is 3.11. The summed E-state index contributed by atoms with van der Waals surface area (Å²) in [7, 11) is 0. The monoisotopic (exact) mass is 269 g/mol. The molecule has 2 bridgehead atoms. The Bertz CT molecular complexity index is 522. The maximum Gasteiger partial charge on any atom is 0.231 e. The topological polar surface area (TPSA) is 56.1 Å². The number of nitrogens with one attached hydrogen (secondary N) is 1. The van der Waals surface area contributed by atoms with Gasteiger partial charge >= 0.3 is 0 Å². The molecular formula is C16H19N3O. The molecule has 3 unspecified atom stereocenters. The van der Waals surface area contributed by atoms with Gasteiger partial charge in [-0.2, -0.15) is 5.26 Å². The van der Waals surface area contributed by atoms with E-state index in [1.165, 1.54) is 6.42 Å². The van der Waals surface area contributed by atoms with E-state index in [4.69, 9.17) is 5.26 Å². The fourth-order valence-electron chi connectivity index (χ4n) is 3.43. The summed E-state index contributed by atoms with van der Waals surface area (Å²) in [6.45, 7) is 0.479. The van der Waals surface area contributed by atoms with Crippen LogP contribution in [-0.4, -0.2) is 24.5 Å². The Hall–Kier alpha value is -1.86. The first kappa shape index (κ1) is 13.1. The van der Waals surface area contributed by atoms with Crippen LogP contribution >= 0.6 is 0 Å². The normalized spacial score (nSPS) is 27.2. The number of para-hydroxylation sites is 1. The van der Waals surface area contributed by atoms with E-state index in [2.05, 4.69) is 11.4 Å². The molecule has 3 atom stereocenters. The van der Waals surface area contributed by atoms with Crippen molar-refractivity contribution in [1.29, 1.82) is 5.26 Å². The van der Waals surface area contributed by atoms with Gasteiger partial charge in [-0.1, -0.05) is 18.2 Å². The maximum atomic E-state index is 12.8. The number of benzene rings is 1. The van der Waals surface area contributed by atoms with Crippen LogP contribution in [0.2, 0.25) is 0 Å². The van der Waals surface area contributed by atoms with Gasteiger partial charge in [0.15, 0.2) is 0 Å². The molecule has 0 radical (unpaired) electrons. The van der Waals surface area contributed by atoms with Crippen molar-refractivity contribution in [2.75, 3.05) is 11.4 Å². The summed E-state index contributed by atoms with van der Waals surface area (Å²) in [4.78, 5) is 14.6. The molecule has 0 aromatic heterocycles. The standard InChI is InChI=1S/C16H19N3O/c17-9-4-10-19(13-5-2-1-3-6-13)16(20)14-11-12-7-8-15(14)18-12/h1-3,5-6,12,14-15,18H,4,7-8,10-11H2. The summed E-state index contributed by atoms with van der Waals surface area (Å²) in [5.74, 6) is 0.249. The number of fused-ring (bicyclic) bond motifs is 2. The van der Waals surface area contributed by atoms with Crippen LogP contribution in [0.1, 0.15) is 25.7 Å². The summed E-state index contributed by atoms with van der Waals surface area (Å²) < 4.78 is 0. The first-order chi connectivity index (χ1) is 9.79. The highest BCUT2D eigenvalue weighted by Crippen LogP contribution is 2.35. The third kappa shape index (κ3) is 2.41. The zero-order chi connectivity index (χ0) is 13.9. The van der Waals surface area contributed by atoms with Gasteiger partial charge in [0.25, 0.3) is 0 Å². The van der Waals surface area contributed by atoms with Crippen molar-refractivity contribution in [3.8, 4) is 6.07 Å². The molecule has 0 saturated carbocycles. The highest BCUT2D eigenvalue weighted by Gasteiger charge is 2.44. The number of nitrogens with zero attached hydrogens (tertiary/aromatic N) is 2. The Morgan fingerprint density at radius 3 is 2.75 bits per heavy atom. The second-order valence-corrected chi connectivity index (χ2v) is 5.62. The summed E-state index contributed by atoms with van der Waals surface area (Å²) in [5.41, 5.74) is 0.899. The minimum atomic E-state index is 0.0765. The molecule has 0 aliphatic carbocycles. The smallest absolute Gasteiger partial charge is 0.231 e. The Morgan fingerprint density at radius 2 is 2.15 bits per heavy atom. The zero-order valence-electron chi connectivity index (χ0n) is 11.5. The summed E-state index contributed by atoms with van der Waals surface area (Å²) in [6.07, 6.45) is 3.61. The van der Waals surface area contributed by atoms with Gasteiger partial charge in [0.05, 0.1) is 18.4 Å². The van der Waals surface area contributed by atoms with Crippen molar-refractivity contribution in [1.82, 2.24) is 5.32 Å². The minimum absolute atomic E-state index is 0.0765. The van der Waals surface area contributed by atoms with Gasteiger partial charge in [0.1, 0.15) is 0 Å². The lowest BCUT2D eigenvalue weighted by molar-refractivity contribution is -0.122. The number of anilines is 1. The van der Waals surface area contributed by atoms with Crippen LogP contribution in [0.15, 0.2) is 30.3 Å². The van der Waals surface area contributed by atoms with Crippen LogP contribution in [0.25, 0.3) is 0 Å². The first-order valence-corrected chi connectivity index (χ1v) is 7.29. The van der Waals surface area contributed by atoms with Crippen LogP contribution < -0.4 is 10.2 Å². The van der Waals surface area contributed by atoms with E-state index in [0.717, 1.165) is 18.5 Å². The summed E-state index contributed by atoms with van der Waals surface area (Å²) in [6, 6.07) is 12.7. The third-order valence-corrected chi connectivity index (χ3v) is 4.40. The van der Waals surface area contributed by atoms with Crippen molar-refractivity contribution in [2.45, 2.75) is 37.8 Å². The van der Waals surface area contributed by atoms with Gasteiger partial charge in [-0.3, -0.25) is 4.79 Å². The molecule has 2 aliphatic rings. The number of hydrogen-bond acceptors (Lipinski definition) is 3. The third-order valence-electron chi connectivity index (χ3n) is 4.40. The van der Waals surface area contributed by atoms with Crippen LogP contribution in [0.5, 0.6) is 0 Å². The number of rotatable bonds is 4. The van der Waals surface area contributed by atoms with E-state index >= 15 is 0 Å². The van der Waals surface area contributed by atoms with E-state index in [9.17, 15) is 4.79 Å². The van der Waals surface area contributed by atoms with Gasteiger partial charge in [-0.05, 0) is 31.4 Å². The number of carbonyl (C=O) groups excluding carboxylic acids is 1. The molecule has 1 N–H and O–H groups in total. The number of nitriles is 1. The molecular weight excluding hydrogens is 250 g/mol. The molecule has 20 heavy (non-hydrogen) atoms. The lowest BCUT2D eigenvalue weighted by Crippen LogP contribution is -2.41. The van der Waals surface area contributed by atoms with E-state index < -0.39 is 0 Å². The van der Waals surface area contributed by atoms with E-state index in [-0.39, 0.29) is 11.8 Å². The Labute approximate surface area is 119 Å². The molecule has 0 spiro atoms. The Kier molecular flexibility index (Phi) is 3.70. The Morgan fingerprint density at radius 1 is 1.35 bits per heavy atom. The lowest BCUT2D eigenvalue weighted by atomic mass is 9.88. The fourth-order valence-corrected chi connectivity index (χ4v) is 3.43. The molecule has 4 heteroatoms. The van der Waals surface area contributed by atoms with Gasteiger partial charge < -0.3 is 10.2 Å². The highest BCUT2D eigenvalue weighted by molar-refractivity contribution is 5.95. The zero-order valence-corrected chi connectivity index (χ0v) is 11.5. The summed E-state index contributed by atoms with van der Waals surface area (Å²) in [5, 5.41) is 12.3. The van der Waals surface area contributed by atoms with Crippen LogP contribution in [0.3, 0.4) is 0 Å². The molecule has 2 saturated heterocycles. The lowest BCUT2D eigenvalue weighted by Gasteiger charge is -2.28. The molecule has 1 amide bonds. The maximum absolute atomic E-state index is 12.8. The predicted octanol–water partition coefficient (Wildman–Crippen LogP) is 2.07. The molecule has 104 valence electrons. The van der Waals surface area contributed by atoms with Crippen LogP contribution in [0.4, 0.5) is 5.69 Å². The molecule has 2 fully saturated rings. The molecule has 1 aromatic rings. The fraction of sp³-hybridized carbons (Fsp3) is 0.500. The highest BCUT2D eigenvalue weighted by atomic mass is 16.2. The summed E-state index contributed by atoms with van der Waals surface area (Å²) >= 11 is 0. The van der Waals surface area contributed by atoms with Crippen molar-refractivity contribution < 1.29 is 4.79 Å². The molecule has 1 aromatic carbocycles. The minimum Gasteiger partial charge on any atom is -0.311 e. The van der Waals surface area contributed by atoms with E-state index in [0.29, 0.717) is 25.0 Å². The number of hydrogen-bond donors (Lipinski definition) is 1. The van der Waals surface area contributed by atoms with Gasteiger partial charge in [-0.25, -0.2) is 0 Å². The van der Waals surface area contributed by atoms with E-state index in [1.54, 1.807) is 4.90 Å². The number of amides is 1. The molecule has 3 rings (SSSR count). The van der Waals surface area contributed by atoms with Crippen molar-refractivity contribution in [3.63, 3.8) is 0 Å². The predicted molar refractivity (Wildman–Crippen MR) is 77.1 cm³/mol. The second-order valence-electron chi connectivity index (χ2n) is 5.62. The largest absolute Gasteiger partial charge is 0.311 e. The van der Waals surface area contributed by atoms with Crippen molar-refractivity contribution in [3.05, 3.63) is 30.3 Å². The van der Waals surface area contributed by atoms with Crippen LogP contribution in [0, 0.1) is 17.2 Å². The quantitative estimate of drug-likeness (QED) is 0.910. The first-order valence-electron chi connectivity index (χ1n) is 7.29. The van der Waals surface area contributed by atoms with Gasteiger partial charge in [0.2, 0.25) is 5.91 Å². The van der Waals surface area contributed by atoms with Gasteiger partial charge in [0, 0.05) is 24.3 Å². The average molecular weight is 269 g/mol. The SMILES string of the molecule is N#CCCN(C(=O)C1CC2CCC1N2)c1ccccc1.